The molecule has 2 fully saturated rings. The molecule has 2 aromatic rings. The van der Waals surface area contributed by atoms with Gasteiger partial charge >= 0.3 is 0 Å². The second kappa shape index (κ2) is 10.9. The molecule has 2 aliphatic rings. The van der Waals surface area contributed by atoms with Gasteiger partial charge < -0.3 is 15.1 Å². The standard InChI is InChI=1S/C26H35N5O3/c1-20-3-6-24(7-4-20)29-17-15-28(16-18-29)12-11-26(32)30-13-9-22(10-14-30)27-23-5-8-25(31(33)34)21(2)19-23/h3-8,19,22,27H,9-18H2,1-2H3. The number of carbonyl (C=O) groups excluding carboxylic acids is 1. The van der Waals surface area contributed by atoms with Crippen LogP contribution in [-0.2, 0) is 4.79 Å². The highest BCUT2D eigenvalue weighted by atomic mass is 16.6. The first-order chi connectivity index (χ1) is 16.4. The van der Waals surface area contributed by atoms with Crippen LogP contribution < -0.4 is 10.2 Å². The van der Waals surface area contributed by atoms with Crippen molar-refractivity contribution in [2.24, 2.45) is 0 Å². The molecule has 2 heterocycles. The van der Waals surface area contributed by atoms with E-state index in [1.165, 1.54) is 11.3 Å². The average molecular weight is 466 g/mol. The number of hydrogen-bond donors (Lipinski definition) is 1. The lowest BCUT2D eigenvalue weighted by Gasteiger charge is -2.37. The average Bonchev–Trinajstić information content (AvgIpc) is 2.84. The summed E-state index contributed by atoms with van der Waals surface area (Å²) in [5.41, 5.74) is 4.26. The van der Waals surface area contributed by atoms with Gasteiger partial charge in [0.1, 0.15) is 0 Å². The fourth-order valence-corrected chi connectivity index (χ4v) is 4.86. The molecule has 0 aromatic heterocycles. The topological polar surface area (TPSA) is 82.0 Å². The zero-order valence-electron chi connectivity index (χ0n) is 20.2. The summed E-state index contributed by atoms with van der Waals surface area (Å²) in [6.07, 6.45) is 2.35. The molecule has 0 spiro atoms. The maximum Gasteiger partial charge on any atom is 0.272 e. The van der Waals surface area contributed by atoms with Crippen molar-refractivity contribution >= 4 is 23.0 Å². The highest BCUT2D eigenvalue weighted by Crippen LogP contribution is 2.24. The number of piperidine rings is 1. The molecule has 0 bridgehead atoms. The summed E-state index contributed by atoms with van der Waals surface area (Å²) in [7, 11) is 0. The van der Waals surface area contributed by atoms with E-state index in [9.17, 15) is 14.9 Å². The zero-order chi connectivity index (χ0) is 24.1. The van der Waals surface area contributed by atoms with Gasteiger partial charge in [0.05, 0.1) is 4.92 Å². The van der Waals surface area contributed by atoms with Crippen LogP contribution in [0.2, 0.25) is 0 Å². The van der Waals surface area contributed by atoms with Crippen molar-refractivity contribution in [3.63, 3.8) is 0 Å². The molecule has 0 unspecified atom stereocenters. The van der Waals surface area contributed by atoms with Crippen LogP contribution in [0.4, 0.5) is 17.1 Å². The Kier molecular flexibility index (Phi) is 7.67. The molecule has 0 aliphatic carbocycles. The summed E-state index contributed by atoms with van der Waals surface area (Å²) >= 11 is 0. The first-order valence-electron chi connectivity index (χ1n) is 12.2. The minimum absolute atomic E-state index is 0.141. The molecule has 0 radical (unpaired) electrons. The lowest BCUT2D eigenvalue weighted by molar-refractivity contribution is -0.385. The lowest BCUT2D eigenvalue weighted by Crippen LogP contribution is -2.48. The number of benzene rings is 2. The summed E-state index contributed by atoms with van der Waals surface area (Å²) < 4.78 is 0. The molecule has 2 saturated heterocycles. The normalized spacial score (nSPS) is 17.6. The van der Waals surface area contributed by atoms with Crippen molar-refractivity contribution in [1.82, 2.24) is 9.80 Å². The molecular weight excluding hydrogens is 430 g/mol. The van der Waals surface area contributed by atoms with E-state index in [2.05, 4.69) is 46.3 Å². The van der Waals surface area contributed by atoms with Crippen molar-refractivity contribution in [2.45, 2.75) is 39.2 Å². The number of anilines is 2. The molecule has 1 amide bonds. The van der Waals surface area contributed by atoms with E-state index in [4.69, 9.17) is 0 Å². The van der Waals surface area contributed by atoms with Gasteiger partial charge in [0, 0.05) is 81.3 Å². The van der Waals surface area contributed by atoms with Crippen molar-refractivity contribution < 1.29 is 9.72 Å². The number of hydrogen-bond acceptors (Lipinski definition) is 6. The molecule has 34 heavy (non-hydrogen) atoms. The highest BCUT2D eigenvalue weighted by Gasteiger charge is 2.24. The molecular formula is C26H35N5O3. The fourth-order valence-electron chi connectivity index (χ4n) is 4.86. The molecule has 0 atom stereocenters. The third kappa shape index (κ3) is 6.05. The number of piperazine rings is 1. The summed E-state index contributed by atoms with van der Waals surface area (Å²) in [5.74, 6) is 0.241. The maximum atomic E-state index is 12.8. The number of amides is 1. The number of aryl methyl sites for hydroxylation is 2. The second-order valence-corrected chi connectivity index (χ2v) is 9.47. The van der Waals surface area contributed by atoms with Gasteiger partial charge in [-0.1, -0.05) is 17.7 Å². The minimum Gasteiger partial charge on any atom is -0.382 e. The van der Waals surface area contributed by atoms with Crippen molar-refractivity contribution in [3.8, 4) is 0 Å². The Hall–Kier alpha value is -3.13. The first kappa shape index (κ1) is 24.0. The Morgan fingerprint density at radius 1 is 1.00 bits per heavy atom. The van der Waals surface area contributed by atoms with Crippen LogP contribution in [0.5, 0.6) is 0 Å². The summed E-state index contributed by atoms with van der Waals surface area (Å²) in [6, 6.07) is 14.1. The summed E-state index contributed by atoms with van der Waals surface area (Å²) in [4.78, 5) is 30.2. The number of nitrogens with zero attached hydrogens (tertiary/aromatic N) is 4. The number of nitro groups is 1. The van der Waals surface area contributed by atoms with Gasteiger partial charge in [0.25, 0.3) is 5.69 Å². The predicted octanol–water partition coefficient (Wildman–Crippen LogP) is 3.83. The van der Waals surface area contributed by atoms with Crippen LogP contribution in [-0.4, -0.2) is 72.5 Å². The summed E-state index contributed by atoms with van der Waals surface area (Å²) in [5, 5.41) is 14.5. The number of rotatable bonds is 7. The van der Waals surface area contributed by atoms with Gasteiger partial charge in [-0.3, -0.25) is 19.8 Å². The molecule has 8 heteroatoms. The monoisotopic (exact) mass is 465 g/mol. The van der Waals surface area contributed by atoms with Crippen molar-refractivity contribution in [1.29, 1.82) is 0 Å². The molecule has 8 nitrogen and oxygen atoms in total. The Morgan fingerprint density at radius 3 is 2.29 bits per heavy atom. The number of nitrogens with one attached hydrogen (secondary N) is 1. The van der Waals surface area contributed by atoms with E-state index in [-0.39, 0.29) is 22.6 Å². The molecule has 182 valence electrons. The van der Waals surface area contributed by atoms with Crippen LogP contribution >= 0.6 is 0 Å². The SMILES string of the molecule is Cc1ccc(N2CCN(CCC(=O)N3CCC(Nc4ccc([N+](=O)[O-])c(C)c4)CC3)CC2)cc1. The van der Waals surface area contributed by atoms with Crippen LogP contribution in [0.15, 0.2) is 42.5 Å². The molecule has 2 aromatic carbocycles. The Balaban J connectivity index is 1.16. The van der Waals surface area contributed by atoms with E-state index in [0.29, 0.717) is 12.0 Å². The summed E-state index contributed by atoms with van der Waals surface area (Å²) in [6.45, 7) is 10.2. The second-order valence-electron chi connectivity index (χ2n) is 9.47. The van der Waals surface area contributed by atoms with Gasteiger partial charge in [-0.15, -0.1) is 0 Å². The quantitative estimate of drug-likeness (QED) is 0.494. The van der Waals surface area contributed by atoms with Gasteiger partial charge in [0.15, 0.2) is 0 Å². The zero-order valence-corrected chi connectivity index (χ0v) is 20.2. The largest absolute Gasteiger partial charge is 0.382 e. The van der Waals surface area contributed by atoms with Gasteiger partial charge in [-0.05, 0) is 51.0 Å². The highest BCUT2D eigenvalue weighted by molar-refractivity contribution is 5.76. The third-order valence-corrected chi connectivity index (χ3v) is 7.03. The first-order valence-corrected chi connectivity index (χ1v) is 12.2. The van der Waals surface area contributed by atoms with Crippen LogP contribution in [0.1, 0.15) is 30.4 Å². The smallest absolute Gasteiger partial charge is 0.272 e. The lowest BCUT2D eigenvalue weighted by atomic mass is 10.0. The van der Waals surface area contributed by atoms with Crippen LogP contribution in [0.25, 0.3) is 0 Å². The van der Waals surface area contributed by atoms with E-state index >= 15 is 0 Å². The van der Waals surface area contributed by atoms with Crippen LogP contribution in [0, 0.1) is 24.0 Å². The van der Waals surface area contributed by atoms with E-state index in [1.54, 1.807) is 19.1 Å². The number of likely N-dealkylation sites (tertiary alicyclic amines) is 1. The Morgan fingerprint density at radius 2 is 1.68 bits per heavy atom. The third-order valence-electron chi connectivity index (χ3n) is 7.03. The predicted molar refractivity (Wildman–Crippen MR) is 136 cm³/mol. The van der Waals surface area contributed by atoms with E-state index in [0.717, 1.165) is 64.3 Å². The minimum atomic E-state index is -0.354. The molecule has 2 aliphatic heterocycles. The maximum absolute atomic E-state index is 12.8. The van der Waals surface area contributed by atoms with E-state index < -0.39 is 0 Å². The number of nitro benzene ring substituents is 1. The number of carbonyl (C=O) groups is 1. The Labute approximate surface area is 201 Å². The fraction of sp³-hybridized carbons (Fsp3) is 0.500. The van der Waals surface area contributed by atoms with Crippen molar-refractivity contribution in [2.75, 3.05) is 56.0 Å². The van der Waals surface area contributed by atoms with Crippen LogP contribution in [0.3, 0.4) is 0 Å². The molecule has 0 saturated carbocycles. The molecule has 4 rings (SSSR count). The van der Waals surface area contributed by atoms with Gasteiger partial charge in [0.2, 0.25) is 5.91 Å². The Bertz CT molecular complexity index is 994. The van der Waals surface area contributed by atoms with Gasteiger partial charge in [-0.25, -0.2) is 0 Å². The van der Waals surface area contributed by atoms with Crippen molar-refractivity contribution in [3.05, 3.63) is 63.7 Å². The van der Waals surface area contributed by atoms with E-state index in [1.807, 2.05) is 11.0 Å². The molecule has 1 N–H and O–H groups in total. The van der Waals surface area contributed by atoms with Gasteiger partial charge in [-0.2, -0.15) is 0 Å².